The van der Waals surface area contributed by atoms with Crippen molar-refractivity contribution in [3.05, 3.63) is 47.8 Å². The van der Waals surface area contributed by atoms with Gasteiger partial charge in [0.15, 0.2) is 11.5 Å². The topological polar surface area (TPSA) is 68.0 Å². The second-order valence-corrected chi connectivity index (χ2v) is 3.83. The van der Waals surface area contributed by atoms with E-state index in [1.54, 1.807) is 0 Å². The van der Waals surface area contributed by atoms with Crippen molar-refractivity contribution >= 4 is 11.5 Å². The minimum absolute atomic E-state index is 0.101. The van der Waals surface area contributed by atoms with Gasteiger partial charge in [-0.25, -0.2) is 8.78 Å². The minimum atomic E-state index is -0.489. The summed E-state index contributed by atoms with van der Waals surface area (Å²) in [5, 5.41) is 13.9. The first kappa shape index (κ1) is 11.5. The number of hydrogen-bond donors (Lipinski definition) is 1. The molecule has 0 aliphatic heterocycles. The van der Waals surface area contributed by atoms with Gasteiger partial charge in [-0.2, -0.15) is 4.52 Å². The lowest BCUT2D eigenvalue weighted by Gasteiger charge is -2.07. The summed E-state index contributed by atoms with van der Waals surface area (Å²) in [6, 6.07) is 3.29. The number of nitrogens with zero attached hydrogens (tertiary/aromatic N) is 5. The van der Waals surface area contributed by atoms with Crippen molar-refractivity contribution in [2.24, 2.45) is 0 Å². The molecule has 1 N–H and O–H groups in total. The fraction of sp³-hybridized carbons (Fsp3) is 0.0909. The normalized spacial score (nSPS) is 10.8. The van der Waals surface area contributed by atoms with Gasteiger partial charge in [0.1, 0.15) is 11.6 Å². The quantitative estimate of drug-likeness (QED) is 0.773. The third-order valence-electron chi connectivity index (χ3n) is 2.58. The maximum absolute atomic E-state index is 13.5. The zero-order valence-corrected chi connectivity index (χ0v) is 9.59. The third kappa shape index (κ3) is 2.19. The highest BCUT2D eigenvalue weighted by molar-refractivity contribution is 5.44. The number of hydrogen-bond acceptors (Lipinski definition) is 5. The average Bonchev–Trinajstić information content (AvgIpc) is 2.88. The monoisotopic (exact) mass is 262 g/mol. The van der Waals surface area contributed by atoms with Gasteiger partial charge in [0.2, 0.25) is 0 Å². The predicted octanol–water partition coefficient (Wildman–Crippen LogP) is 1.41. The molecule has 0 saturated carbocycles. The van der Waals surface area contributed by atoms with Gasteiger partial charge < -0.3 is 5.32 Å². The third-order valence-corrected chi connectivity index (χ3v) is 2.58. The van der Waals surface area contributed by atoms with Crippen LogP contribution < -0.4 is 5.32 Å². The Hall–Kier alpha value is -2.64. The Balaban J connectivity index is 1.86. The van der Waals surface area contributed by atoms with Crippen LogP contribution in [0, 0.1) is 11.6 Å². The van der Waals surface area contributed by atoms with Gasteiger partial charge in [-0.1, -0.05) is 0 Å². The zero-order valence-electron chi connectivity index (χ0n) is 9.59. The van der Waals surface area contributed by atoms with Crippen molar-refractivity contribution in [2.45, 2.75) is 6.54 Å². The maximum atomic E-state index is 13.5. The van der Waals surface area contributed by atoms with Crippen LogP contribution in [-0.4, -0.2) is 25.0 Å². The Labute approximate surface area is 106 Å². The van der Waals surface area contributed by atoms with Gasteiger partial charge in [-0.05, 0) is 28.6 Å². The molecule has 6 nitrogen and oxygen atoms in total. The first-order chi connectivity index (χ1) is 9.24. The Morgan fingerprint density at radius 2 is 2.11 bits per heavy atom. The first-order valence-electron chi connectivity index (χ1n) is 5.44. The van der Waals surface area contributed by atoms with E-state index in [4.69, 9.17) is 0 Å². The van der Waals surface area contributed by atoms with Crippen LogP contribution in [0.15, 0.2) is 30.6 Å². The smallest absolute Gasteiger partial charge is 0.199 e. The lowest BCUT2D eigenvalue weighted by atomic mass is 10.2. The number of nitrogens with one attached hydrogen (secondary N) is 1. The van der Waals surface area contributed by atoms with E-state index < -0.39 is 11.6 Å². The number of halogens is 2. The fourth-order valence-corrected chi connectivity index (χ4v) is 1.66. The van der Waals surface area contributed by atoms with E-state index in [1.807, 2.05) is 0 Å². The average molecular weight is 262 g/mol. The molecule has 0 aliphatic carbocycles. The van der Waals surface area contributed by atoms with Crippen molar-refractivity contribution in [2.75, 3.05) is 5.32 Å². The fourth-order valence-electron chi connectivity index (χ4n) is 1.66. The molecule has 0 atom stereocenters. The van der Waals surface area contributed by atoms with Crippen molar-refractivity contribution in [1.82, 2.24) is 25.0 Å². The summed E-state index contributed by atoms with van der Waals surface area (Å²) >= 11 is 0. The summed E-state index contributed by atoms with van der Waals surface area (Å²) in [4.78, 5) is 3.94. The summed E-state index contributed by atoms with van der Waals surface area (Å²) in [6.07, 6.45) is 2.99. The molecule has 2 aromatic heterocycles. The molecular formula is C11H8F2N6. The number of benzene rings is 1. The van der Waals surface area contributed by atoms with E-state index in [9.17, 15) is 8.78 Å². The molecule has 8 heteroatoms. The lowest BCUT2D eigenvalue weighted by Crippen LogP contribution is -2.07. The highest BCUT2D eigenvalue weighted by Gasteiger charge is 2.06. The van der Waals surface area contributed by atoms with Gasteiger partial charge in [0, 0.05) is 12.1 Å². The van der Waals surface area contributed by atoms with E-state index in [2.05, 4.69) is 25.8 Å². The second kappa shape index (κ2) is 4.56. The van der Waals surface area contributed by atoms with E-state index in [0.717, 1.165) is 18.2 Å². The van der Waals surface area contributed by atoms with Crippen LogP contribution >= 0.6 is 0 Å². The number of rotatable bonds is 3. The van der Waals surface area contributed by atoms with E-state index in [-0.39, 0.29) is 12.1 Å². The number of fused-ring (bicyclic) bond motifs is 1. The summed E-state index contributed by atoms with van der Waals surface area (Å²) < 4.78 is 27.9. The maximum Gasteiger partial charge on any atom is 0.199 e. The van der Waals surface area contributed by atoms with Gasteiger partial charge in [-0.15, -0.1) is 5.10 Å². The van der Waals surface area contributed by atoms with E-state index in [1.165, 1.54) is 16.9 Å². The molecule has 0 spiro atoms. The molecular weight excluding hydrogens is 254 g/mol. The molecule has 96 valence electrons. The molecule has 0 aliphatic rings. The molecule has 3 aromatic rings. The summed E-state index contributed by atoms with van der Waals surface area (Å²) in [5.41, 5.74) is 0.676. The highest BCUT2D eigenvalue weighted by atomic mass is 19.1. The Morgan fingerprint density at radius 1 is 1.21 bits per heavy atom. The Bertz CT molecular complexity index is 726. The zero-order chi connectivity index (χ0) is 13.2. The van der Waals surface area contributed by atoms with Crippen LogP contribution in [-0.2, 0) is 6.54 Å². The van der Waals surface area contributed by atoms with E-state index >= 15 is 0 Å². The molecule has 0 bridgehead atoms. The molecule has 0 amide bonds. The molecule has 0 fully saturated rings. The van der Waals surface area contributed by atoms with Crippen molar-refractivity contribution in [1.29, 1.82) is 0 Å². The molecule has 0 unspecified atom stereocenters. The lowest BCUT2D eigenvalue weighted by molar-refractivity contribution is 0.587. The van der Waals surface area contributed by atoms with E-state index in [0.29, 0.717) is 11.5 Å². The summed E-state index contributed by atoms with van der Waals surface area (Å²) in [7, 11) is 0. The first-order valence-corrected chi connectivity index (χ1v) is 5.44. The van der Waals surface area contributed by atoms with Crippen molar-refractivity contribution < 1.29 is 8.78 Å². The Morgan fingerprint density at radius 3 is 3.00 bits per heavy atom. The van der Waals surface area contributed by atoms with Gasteiger partial charge in [0.25, 0.3) is 0 Å². The standard InChI is InChI=1S/C11H8F2N6/c12-8-1-2-9(13)7(3-8)4-15-10-5-14-6-11-16-17-18-19(10)11/h1-3,5-6,15H,4H2. The minimum Gasteiger partial charge on any atom is -0.364 e. The SMILES string of the molecule is Fc1ccc(F)c(CNc2cncc3nnnn23)c1. The molecule has 0 saturated heterocycles. The van der Waals surface area contributed by atoms with Crippen LogP contribution in [0.3, 0.4) is 0 Å². The molecule has 19 heavy (non-hydrogen) atoms. The van der Waals surface area contributed by atoms with Crippen molar-refractivity contribution in [3.8, 4) is 0 Å². The number of tetrazole rings is 1. The number of anilines is 1. The Kier molecular flexibility index (Phi) is 2.75. The van der Waals surface area contributed by atoms with Gasteiger partial charge in [0.05, 0.1) is 12.4 Å². The predicted molar refractivity (Wildman–Crippen MR) is 62.3 cm³/mol. The van der Waals surface area contributed by atoms with Crippen LogP contribution in [0.25, 0.3) is 5.65 Å². The molecule has 0 radical (unpaired) electrons. The highest BCUT2D eigenvalue weighted by Crippen LogP contribution is 2.12. The summed E-state index contributed by atoms with van der Waals surface area (Å²) in [5.74, 6) is -0.478. The second-order valence-electron chi connectivity index (χ2n) is 3.83. The van der Waals surface area contributed by atoms with Crippen molar-refractivity contribution in [3.63, 3.8) is 0 Å². The summed E-state index contributed by atoms with van der Waals surface area (Å²) in [6.45, 7) is 0.101. The van der Waals surface area contributed by atoms with Crippen LogP contribution in [0.1, 0.15) is 5.56 Å². The van der Waals surface area contributed by atoms with Crippen LogP contribution in [0.2, 0.25) is 0 Å². The van der Waals surface area contributed by atoms with Crippen LogP contribution in [0.5, 0.6) is 0 Å². The van der Waals surface area contributed by atoms with Gasteiger partial charge in [-0.3, -0.25) is 4.98 Å². The molecule has 2 heterocycles. The largest absolute Gasteiger partial charge is 0.364 e. The van der Waals surface area contributed by atoms with Gasteiger partial charge >= 0.3 is 0 Å². The molecule has 1 aromatic carbocycles. The van der Waals surface area contributed by atoms with Crippen LogP contribution in [0.4, 0.5) is 14.6 Å². The number of aromatic nitrogens is 5. The molecule has 3 rings (SSSR count).